The highest BCUT2D eigenvalue weighted by atomic mass is 32.1. The summed E-state index contributed by atoms with van der Waals surface area (Å²) in [6.07, 6.45) is -1.14. The normalized spacial score (nSPS) is 13.5. The molecule has 0 bridgehead atoms. The minimum Gasteiger partial charge on any atom is -0.480 e. The SMILES string of the molecule is CC(C)[C@H](N[C@H](N)C(=O)Nc1csc(-c2ccccc2)n1)C(=O)O. The van der Waals surface area contributed by atoms with E-state index in [4.69, 9.17) is 10.8 Å². The number of carboxylic acid groups (broad SMARTS) is 1. The quantitative estimate of drug-likeness (QED) is 0.566. The molecule has 1 heterocycles. The van der Waals surface area contributed by atoms with E-state index in [-0.39, 0.29) is 5.92 Å². The van der Waals surface area contributed by atoms with Gasteiger partial charge in [0.05, 0.1) is 0 Å². The van der Waals surface area contributed by atoms with E-state index in [1.807, 2.05) is 30.3 Å². The maximum atomic E-state index is 12.1. The first kappa shape index (κ1) is 18.1. The van der Waals surface area contributed by atoms with E-state index in [1.54, 1.807) is 19.2 Å². The second-order valence-electron chi connectivity index (χ2n) is 5.60. The molecule has 0 aliphatic carbocycles. The van der Waals surface area contributed by atoms with Gasteiger partial charge in [-0.3, -0.25) is 14.9 Å². The second kappa shape index (κ2) is 8.00. The summed E-state index contributed by atoms with van der Waals surface area (Å²) < 4.78 is 0. The summed E-state index contributed by atoms with van der Waals surface area (Å²) in [6.45, 7) is 3.48. The topological polar surface area (TPSA) is 117 Å². The van der Waals surface area contributed by atoms with Crippen LogP contribution >= 0.6 is 11.3 Å². The lowest BCUT2D eigenvalue weighted by molar-refractivity contribution is -0.141. The van der Waals surface area contributed by atoms with Gasteiger partial charge in [-0.2, -0.15) is 0 Å². The molecule has 1 aromatic heterocycles. The van der Waals surface area contributed by atoms with Crippen molar-refractivity contribution in [3.05, 3.63) is 35.7 Å². The zero-order valence-corrected chi connectivity index (χ0v) is 14.2. The molecule has 24 heavy (non-hydrogen) atoms. The monoisotopic (exact) mass is 348 g/mol. The Labute approximate surface area is 143 Å². The number of nitrogens with zero attached hydrogens (tertiary/aromatic N) is 1. The molecular formula is C16H20N4O3S. The molecule has 0 radical (unpaired) electrons. The standard InChI is InChI=1S/C16H20N4O3S/c1-9(2)12(16(22)23)20-13(17)14(21)18-11-8-24-15(19-11)10-6-4-3-5-7-10/h3-9,12-13,20H,17H2,1-2H3,(H,18,21)(H,22,23)/t12-,13-/m0/s1. The maximum absolute atomic E-state index is 12.1. The maximum Gasteiger partial charge on any atom is 0.321 e. The summed E-state index contributed by atoms with van der Waals surface area (Å²) in [5.41, 5.74) is 6.70. The van der Waals surface area contributed by atoms with E-state index in [0.717, 1.165) is 10.6 Å². The summed E-state index contributed by atoms with van der Waals surface area (Å²) in [5, 5.41) is 16.8. The van der Waals surface area contributed by atoms with Crippen molar-refractivity contribution >= 4 is 29.0 Å². The van der Waals surface area contributed by atoms with E-state index in [2.05, 4.69) is 15.6 Å². The van der Waals surface area contributed by atoms with Gasteiger partial charge in [0.1, 0.15) is 23.0 Å². The molecule has 0 saturated heterocycles. The molecule has 8 heteroatoms. The third kappa shape index (κ3) is 4.60. The predicted molar refractivity (Wildman–Crippen MR) is 93.6 cm³/mol. The number of hydrogen-bond acceptors (Lipinski definition) is 6. The Hall–Kier alpha value is -2.29. The van der Waals surface area contributed by atoms with E-state index in [1.165, 1.54) is 11.3 Å². The van der Waals surface area contributed by atoms with Gasteiger partial charge in [-0.05, 0) is 5.92 Å². The van der Waals surface area contributed by atoms with Crippen molar-refractivity contribution in [1.29, 1.82) is 0 Å². The fraction of sp³-hybridized carbons (Fsp3) is 0.312. The van der Waals surface area contributed by atoms with Crippen LogP contribution < -0.4 is 16.4 Å². The number of carboxylic acids is 1. The number of carbonyl (C=O) groups excluding carboxylic acids is 1. The summed E-state index contributed by atoms with van der Waals surface area (Å²) in [4.78, 5) is 27.6. The predicted octanol–water partition coefficient (Wildman–Crippen LogP) is 1.73. The van der Waals surface area contributed by atoms with Crippen LogP contribution in [0.2, 0.25) is 0 Å². The number of thiazole rings is 1. The highest BCUT2D eigenvalue weighted by Gasteiger charge is 2.26. The number of carbonyl (C=O) groups is 2. The first-order valence-corrected chi connectivity index (χ1v) is 8.32. The Morgan fingerprint density at radius 1 is 1.25 bits per heavy atom. The average molecular weight is 348 g/mol. The number of hydrogen-bond donors (Lipinski definition) is 4. The second-order valence-corrected chi connectivity index (χ2v) is 6.46. The highest BCUT2D eigenvalue weighted by Crippen LogP contribution is 2.25. The Morgan fingerprint density at radius 3 is 2.50 bits per heavy atom. The number of amides is 1. The van der Waals surface area contributed by atoms with E-state index < -0.39 is 24.1 Å². The molecule has 5 N–H and O–H groups in total. The Kier molecular flexibility index (Phi) is 6.02. The molecule has 0 spiro atoms. The molecular weight excluding hydrogens is 328 g/mol. The number of benzene rings is 1. The van der Waals surface area contributed by atoms with Crippen molar-refractivity contribution in [1.82, 2.24) is 10.3 Å². The Balaban J connectivity index is 1.99. The van der Waals surface area contributed by atoms with E-state index in [9.17, 15) is 9.59 Å². The molecule has 0 saturated carbocycles. The zero-order chi connectivity index (χ0) is 17.7. The van der Waals surface area contributed by atoms with Gasteiger partial charge >= 0.3 is 5.97 Å². The van der Waals surface area contributed by atoms with Crippen LogP contribution in [0.15, 0.2) is 35.7 Å². The van der Waals surface area contributed by atoms with E-state index in [0.29, 0.717) is 5.82 Å². The molecule has 128 valence electrons. The number of aliphatic carboxylic acids is 1. The highest BCUT2D eigenvalue weighted by molar-refractivity contribution is 7.13. The smallest absolute Gasteiger partial charge is 0.321 e. The molecule has 2 atom stereocenters. The third-order valence-electron chi connectivity index (χ3n) is 3.35. The van der Waals surface area contributed by atoms with Gasteiger partial charge in [0.15, 0.2) is 0 Å². The summed E-state index contributed by atoms with van der Waals surface area (Å²) in [6, 6.07) is 8.69. The van der Waals surface area contributed by atoms with Gasteiger partial charge in [0.2, 0.25) is 0 Å². The van der Waals surface area contributed by atoms with Crippen LogP contribution in [0.1, 0.15) is 13.8 Å². The first-order valence-electron chi connectivity index (χ1n) is 7.44. The van der Waals surface area contributed by atoms with Gasteiger partial charge in [-0.1, -0.05) is 44.2 Å². The van der Waals surface area contributed by atoms with Crippen molar-refractivity contribution in [2.45, 2.75) is 26.1 Å². The van der Waals surface area contributed by atoms with Crippen LogP contribution in [-0.4, -0.2) is 34.2 Å². The third-order valence-corrected chi connectivity index (χ3v) is 4.24. The van der Waals surface area contributed by atoms with Crippen molar-refractivity contribution in [2.75, 3.05) is 5.32 Å². The Morgan fingerprint density at radius 2 is 1.92 bits per heavy atom. The van der Waals surface area contributed by atoms with Gasteiger partial charge in [-0.15, -0.1) is 11.3 Å². The first-order chi connectivity index (χ1) is 11.4. The average Bonchev–Trinajstić information content (AvgIpc) is 3.01. The van der Waals surface area contributed by atoms with Crippen LogP contribution in [0.25, 0.3) is 10.6 Å². The summed E-state index contributed by atoms with van der Waals surface area (Å²) in [7, 11) is 0. The summed E-state index contributed by atoms with van der Waals surface area (Å²) >= 11 is 1.40. The van der Waals surface area contributed by atoms with Gasteiger partial charge in [0, 0.05) is 10.9 Å². The molecule has 2 rings (SSSR count). The minimum absolute atomic E-state index is 0.203. The van der Waals surface area contributed by atoms with Crippen LogP contribution in [0, 0.1) is 5.92 Å². The van der Waals surface area contributed by atoms with Crippen LogP contribution in [0.4, 0.5) is 5.82 Å². The summed E-state index contributed by atoms with van der Waals surface area (Å²) in [5.74, 6) is -1.40. The number of nitrogens with one attached hydrogen (secondary N) is 2. The van der Waals surface area contributed by atoms with E-state index >= 15 is 0 Å². The largest absolute Gasteiger partial charge is 0.480 e. The van der Waals surface area contributed by atoms with Crippen molar-refractivity contribution in [3.63, 3.8) is 0 Å². The van der Waals surface area contributed by atoms with Crippen molar-refractivity contribution in [3.8, 4) is 10.6 Å². The molecule has 0 aliphatic heterocycles. The van der Waals surface area contributed by atoms with Gasteiger partial charge in [0.25, 0.3) is 5.91 Å². The fourth-order valence-corrected chi connectivity index (χ4v) is 2.82. The molecule has 7 nitrogen and oxygen atoms in total. The Bertz CT molecular complexity index is 702. The zero-order valence-electron chi connectivity index (χ0n) is 13.4. The molecule has 0 aliphatic rings. The molecule has 0 fully saturated rings. The molecule has 1 amide bonds. The van der Waals surface area contributed by atoms with Crippen LogP contribution in [-0.2, 0) is 9.59 Å². The molecule has 0 unspecified atom stereocenters. The number of anilines is 1. The lowest BCUT2D eigenvalue weighted by atomic mass is 10.0. The molecule has 1 aromatic carbocycles. The lowest BCUT2D eigenvalue weighted by Crippen LogP contribution is -2.55. The van der Waals surface area contributed by atoms with Gasteiger partial charge in [-0.25, -0.2) is 4.98 Å². The van der Waals surface area contributed by atoms with Gasteiger partial charge < -0.3 is 16.2 Å². The molecule has 2 aromatic rings. The van der Waals surface area contributed by atoms with Crippen molar-refractivity contribution in [2.24, 2.45) is 11.7 Å². The number of rotatable bonds is 7. The lowest BCUT2D eigenvalue weighted by Gasteiger charge is -2.21. The minimum atomic E-state index is -1.14. The van der Waals surface area contributed by atoms with Crippen LogP contribution in [0.3, 0.4) is 0 Å². The fourth-order valence-electron chi connectivity index (χ4n) is 2.07. The number of aromatic nitrogens is 1. The van der Waals surface area contributed by atoms with Crippen LogP contribution in [0.5, 0.6) is 0 Å². The van der Waals surface area contributed by atoms with Crippen molar-refractivity contribution < 1.29 is 14.7 Å². The number of nitrogens with two attached hydrogens (primary N) is 1.